The zero-order valence-electron chi connectivity index (χ0n) is 8.00. The first kappa shape index (κ1) is 9.79. The fourth-order valence-corrected chi connectivity index (χ4v) is 1.86. The van der Waals surface area contributed by atoms with E-state index in [2.05, 4.69) is 19.1 Å². The van der Waals surface area contributed by atoms with Crippen LogP contribution in [0.3, 0.4) is 0 Å². The van der Waals surface area contributed by atoms with Gasteiger partial charge in [0.15, 0.2) is 0 Å². The van der Waals surface area contributed by atoms with Crippen molar-refractivity contribution in [1.82, 2.24) is 0 Å². The first-order chi connectivity index (χ1) is 5.84. The van der Waals surface area contributed by atoms with E-state index in [1.807, 2.05) is 0 Å². The van der Waals surface area contributed by atoms with Gasteiger partial charge in [0.05, 0.1) is 6.10 Å². The Labute approximate surface area is 75.5 Å². The quantitative estimate of drug-likeness (QED) is 0.629. The van der Waals surface area contributed by atoms with Crippen molar-refractivity contribution in [2.45, 2.75) is 51.6 Å². The molecule has 1 aliphatic carbocycles. The van der Waals surface area contributed by atoms with Crippen LogP contribution in [-0.4, -0.2) is 11.2 Å². The SMILES string of the molecule is CCC(O)C1CC=CCCCC1. The van der Waals surface area contributed by atoms with E-state index in [0.29, 0.717) is 5.92 Å². The van der Waals surface area contributed by atoms with Gasteiger partial charge in [-0.3, -0.25) is 0 Å². The van der Waals surface area contributed by atoms with Crippen molar-refractivity contribution in [2.24, 2.45) is 5.92 Å². The summed E-state index contributed by atoms with van der Waals surface area (Å²) in [4.78, 5) is 0. The van der Waals surface area contributed by atoms with Gasteiger partial charge in [0.1, 0.15) is 0 Å². The molecule has 0 radical (unpaired) electrons. The smallest absolute Gasteiger partial charge is 0.0568 e. The Hall–Kier alpha value is -0.300. The number of aliphatic hydroxyl groups is 1. The second kappa shape index (κ2) is 5.36. The van der Waals surface area contributed by atoms with Crippen molar-refractivity contribution >= 4 is 0 Å². The Morgan fingerprint density at radius 2 is 2.25 bits per heavy atom. The second-order valence-electron chi connectivity index (χ2n) is 3.73. The Morgan fingerprint density at radius 3 is 3.00 bits per heavy atom. The summed E-state index contributed by atoms with van der Waals surface area (Å²) in [7, 11) is 0. The Bertz CT molecular complexity index is 140. The molecule has 0 aromatic heterocycles. The van der Waals surface area contributed by atoms with Crippen molar-refractivity contribution in [3.8, 4) is 0 Å². The van der Waals surface area contributed by atoms with Gasteiger partial charge in [-0.15, -0.1) is 0 Å². The molecule has 2 unspecified atom stereocenters. The van der Waals surface area contributed by atoms with Crippen LogP contribution in [0.5, 0.6) is 0 Å². The summed E-state index contributed by atoms with van der Waals surface area (Å²) >= 11 is 0. The van der Waals surface area contributed by atoms with Crippen molar-refractivity contribution in [1.29, 1.82) is 0 Å². The zero-order chi connectivity index (χ0) is 8.81. The van der Waals surface area contributed by atoms with Crippen molar-refractivity contribution in [3.05, 3.63) is 12.2 Å². The lowest BCUT2D eigenvalue weighted by molar-refractivity contribution is 0.0977. The summed E-state index contributed by atoms with van der Waals surface area (Å²) in [5, 5.41) is 9.67. The predicted molar refractivity (Wildman–Crippen MR) is 52.0 cm³/mol. The molecule has 0 saturated carbocycles. The number of hydrogen-bond acceptors (Lipinski definition) is 1. The van der Waals surface area contributed by atoms with Gasteiger partial charge < -0.3 is 5.11 Å². The van der Waals surface area contributed by atoms with E-state index in [0.717, 1.165) is 12.8 Å². The van der Waals surface area contributed by atoms with Crippen LogP contribution in [0.15, 0.2) is 12.2 Å². The zero-order valence-corrected chi connectivity index (χ0v) is 8.00. The van der Waals surface area contributed by atoms with Crippen LogP contribution in [0.4, 0.5) is 0 Å². The largest absolute Gasteiger partial charge is 0.393 e. The van der Waals surface area contributed by atoms with Crippen LogP contribution in [0, 0.1) is 5.92 Å². The third-order valence-electron chi connectivity index (χ3n) is 2.76. The monoisotopic (exact) mass is 168 g/mol. The molecule has 0 bridgehead atoms. The van der Waals surface area contributed by atoms with E-state index in [1.165, 1.54) is 25.7 Å². The lowest BCUT2D eigenvalue weighted by atomic mass is 9.89. The Kier molecular flexibility index (Phi) is 4.37. The molecule has 1 N–H and O–H groups in total. The highest BCUT2D eigenvalue weighted by Gasteiger charge is 2.16. The maximum Gasteiger partial charge on any atom is 0.0568 e. The van der Waals surface area contributed by atoms with Gasteiger partial charge in [0, 0.05) is 0 Å². The lowest BCUT2D eigenvalue weighted by Gasteiger charge is -2.21. The first-order valence-corrected chi connectivity index (χ1v) is 5.17. The molecule has 1 heteroatoms. The maximum atomic E-state index is 9.67. The summed E-state index contributed by atoms with van der Waals surface area (Å²) in [5.74, 6) is 0.520. The molecule has 1 nitrogen and oxygen atoms in total. The van der Waals surface area contributed by atoms with Gasteiger partial charge in [-0.05, 0) is 38.0 Å². The summed E-state index contributed by atoms with van der Waals surface area (Å²) < 4.78 is 0. The topological polar surface area (TPSA) is 20.2 Å². The highest BCUT2D eigenvalue weighted by Crippen LogP contribution is 2.22. The number of hydrogen-bond donors (Lipinski definition) is 1. The van der Waals surface area contributed by atoms with E-state index in [4.69, 9.17) is 0 Å². The standard InChI is InChI=1S/C11H20O/c1-2-11(12)10-8-6-4-3-5-7-9-10/h4,6,10-12H,2-3,5,7-9H2,1H3. The molecule has 0 aromatic rings. The van der Waals surface area contributed by atoms with Crippen LogP contribution < -0.4 is 0 Å². The number of allylic oxidation sites excluding steroid dienone is 2. The third kappa shape index (κ3) is 2.98. The van der Waals surface area contributed by atoms with E-state index in [-0.39, 0.29) is 6.10 Å². The molecule has 0 saturated heterocycles. The van der Waals surface area contributed by atoms with Crippen LogP contribution in [0.25, 0.3) is 0 Å². The van der Waals surface area contributed by atoms with Crippen molar-refractivity contribution < 1.29 is 5.11 Å². The molecule has 0 fully saturated rings. The molecule has 0 amide bonds. The molecule has 1 rings (SSSR count). The van der Waals surface area contributed by atoms with Gasteiger partial charge >= 0.3 is 0 Å². The molecular formula is C11H20O. The fraction of sp³-hybridized carbons (Fsp3) is 0.818. The lowest BCUT2D eigenvalue weighted by Crippen LogP contribution is -2.19. The van der Waals surface area contributed by atoms with E-state index < -0.39 is 0 Å². The van der Waals surface area contributed by atoms with Crippen LogP contribution >= 0.6 is 0 Å². The van der Waals surface area contributed by atoms with Gasteiger partial charge in [-0.2, -0.15) is 0 Å². The Morgan fingerprint density at radius 1 is 1.42 bits per heavy atom. The van der Waals surface area contributed by atoms with E-state index in [9.17, 15) is 5.11 Å². The highest BCUT2D eigenvalue weighted by molar-refractivity contribution is 4.87. The fourth-order valence-electron chi connectivity index (χ4n) is 1.86. The molecule has 1 aliphatic rings. The molecule has 12 heavy (non-hydrogen) atoms. The van der Waals surface area contributed by atoms with Crippen molar-refractivity contribution in [2.75, 3.05) is 0 Å². The Balaban J connectivity index is 2.39. The van der Waals surface area contributed by atoms with Crippen LogP contribution in [-0.2, 0) is 0 Å². The molecule has 0 heterocycles. The highest BCUT2D eigenvalue weighted by atomic mass is 16.3. The molecule has 2 atom stereocenters. The minimum atomic E-state index is -0.0762. The first-order valence-electron chi connectivity index (χ1n) is 5.17. The summed E-state index contributed by atoms with van der Waals surface area (Å²) in [5.41, 5.74) is 0. The van der Waals surface area contributed by atoms with Crippen LogP contribution in [0.2, 0.25) is 0 Å². The average Bonchev–Trinajstić information content (AvgIpc) is 2.02. The predicted octanol–water partition coefficient (Wildman–Crippen LogP) is 2.89. The van der Waals surface area contributed by atoms with E-state index >= 15 is 0 Å². The number of aliphatic hydroxyl groups excluding tert-OH is 1. The van der Waals surface area contributed by atoms with Gasteiger partial charge in [-0.1, -0.05) is 25.5 Å². The molecule has 70 valence electrons. The molecular weight excluding hydrogens is 148 g/mol. The third-order valence-corrected chi connectivity index (χ3v) is 2.76. The summed E-state index contributed by atoms with van der Waals surface area (Å²) in [6, 6.07) is 0. The van der Waals surface area contributed by atoms with Gasteiger partial charge in [0.25, 0.3) is 0 Å². The second-order valence-corrected chi connectivity index (χ2v) is 3.73. The molecule has 0 spiro atoms. The minimum absolute atomic E-state index is 0.0762. The van der Waals surface area contributed by atoms with Crippen molar-refractivity contribution in [3.63, 3.8) is 0 Å². The minimum Gasteiger partial charge on any atom is -0.393 e. The molecule has 0 aromatic carbocycles. The average molecular weight is 168 g/mol. The van der Waals surface area contributed by atoms with Gasteiger partial charge in [0.2, 0.25) is 0 Å². The van der Waals surface area contributed by atoms with Gasteiger partial charge in [-0.25, -0.2) is 0 Å². The summed E-state index contributed by atoms with van der Waals surface area (Å²) in [6.45, 7) is 2.06. The maximum absolute atomic E-state index is 9.67. The summed E-state index contributed by atoms with van der Waals surface area (Å²) in [6.07, 6.45) is 11.4. The molecule has 0 aliphatic heterocycles. The number of rotatable bonds is 2. The van der Waals surface area contributed by atoms with E-state index in [1.54, 1.807) is 0 Å². The normalized spacial score (nSPS) is 27.7. The van der Waals surface area contributed by atoms with Crippen LogP contribution in [0.1, 0.15) is 45.4 Å².